The van der Waals surface area contributed by atoms with Crippen molar-refractivity contribution in [3.8, 4) is 0 Å². The summed E-state index contributed by atoms with van der Waals surface area (Å²) in [6.07, 6.45) is 6.79. The van der Waals surface area contributed by atoms with Crippen molar-refractivity contribution in [1.29, 1.82) is 0 Å². The first kappa shape index (κ1) is 34.6. The van der Waals surface area contributed by atoms with E-state index < -0.39 is 23.8 Å². The Morgan fingerprint density at radius 1 is 0.951 bits per heavy atom. The zero-order valence-electron chi connectivity index (χ0n) is 27.4. The molecule has 0 bridgehead atoms. The average molecular weight is 572 g/mol. The Morgan fingerprint density at radius 3 is 2.12 bits per heavy atom. The van der Waals surface area contributed by atoms with Crippen molar-refractivity contribution >= 4 is 17.9 Å². The summed E-state index contributed by atoms with van der Waals surface area (Å²) in [6, 6.07) is 4.34. The molecular formula is C34H57N3O4. The van der Waals surface area contributed by atoms with Gasteiger partial charge in [0.15, 0.2) is 0 Å². The van der Waals surface area contributed by atoms with Crippen LogP contribution < -0.4 is 10.6 Å². The smallest absolute Gasteiger partial charge is 0.408 e. The van der Waals surface area contributed by atoms with Gasteiger partial charge in [0.1, 0.15) is 17.7 Å². The first-order valence-electron chi connectivity index (χ1n) is 15.8. The van der Waals surface area contributed by atoms with Gasteiger partial charge in [-0.25, -0.2) is 4.79 Å². The molecule has 7 nitrogen and oxygen atoms in total. The second-order valence-corrected chi connectivity index (χ2v) is 14.0. The molecule has 0 spiro atoms. The minimum absolute atomic E-state index is 0.110. The number of benzene rings is 1. The van der Waals surface area contributed by atoms with Crippen molar-refractivity contribution in [1.82, 2.24) is 15.5 Å². The van der Waals surface area contributed by atoms with E-state index >= 15 is 0 Å². The molecule has 3 unspecified atom stereocenters. The lowest BCUT2D eigenvalue weighted by Gasteiger charge is -2.40. The molecule has 1 aliphatic carbocycles. The van der Waals surface area contributed by atoms with Crippen LogP contribution in [0.25, 0.3) is 0 Å². The van der Waals surface area contributed by atoms with Crippen LogP contribution in [0.4, 0.5) is 4.79 Å². The Morgan fingerprint density at radius 2 is 1.59 bits per heavy atom. The van der Waals surface area contributed by atoms with Crippen LogP contribution in [0.1, 0.15) is 129 Å². The zero-order valence-corrected chi connectivity index (χ0v) is 27.4. The van der Waals surface area contributed by atoms with Crippen LogP contribution in [0.3, 0.4) is 0 Å². The SMILES string of the molecule is Cc1ccc(C(C(=O)NC2CCCCC2)N(C(=O)C(CC(C)C)NC(=O)OC(C)(C)C)C(C)CCC(C)C)c(C)c1. The number of aryl methyl sites for hydroxylation is 2. The van der Waals surface area contributed by atoms with Gasteiger partial charge in [0.05, 0.1) is 0 Å². The third kappa shape index (κ3) is 11.3. The summed E-state index contributed by atoms with van der Waals surface area (Å²) in [5, 5.41) is 6.19. The number of carbonyl (C=O) groups is 3. The van der Waals surface area contributed by atoms with E-state index in [9.17, 15) is 14.4 Å². The lowest BCUT2D eigenvalue weighted by Crippen LogP contribution is -2.56. The summed E-state index contributed by atoms with van der Waals surface area (Å²) in [5.41, 5.74) is 2.21. The number of carbonyl (C=O) groups excluding carboxylic acids is 3. The maximum Gasteiger partial charge on any atom is 0.408 e. The van der Waals surface area contributed by atoms with Gasteiger partial charge >= 0.3 is 6.09 Å². The highest BCUT2D eigenvalue weighted by molar-refractivity contribution is 5.92. The quantitative estimate of drug-likeness (QED) is 0.274. The summed E-state index contributed by atoms with van der Waals surface area (Å²) >= 11 is 0. The van der Waals surface area contributed by atoms with Crippen LogP contribution in [-0.2, 0) is 14.3 Å². The fourth-order valence-electron chi connectivity index (χ4n) is 5.71. The van der Waals surface area contributed by atoms with Gasteiger partial charge in [-0.3, -0.25) is 9.59 Å². The van der Waals surface area contributed by atoms with E-state index in [0.717, 1.165) is 55.2 Å². The van der Waals surface area contributed by atoms with Gasteiger partial charge in [0.2, 0.25) is 11.8 Å². The Kier molecular flexibility index (Phi) is 13.2. The number of amides is 3. The van der Waals surface area contributed by atoms with Crippen LogP contribution in [0.2, 0.25) is 0 Å². The molecule has 1 fully saturated rings. The number of alkyl carbamates (subject to hydrolysis) is 1. The van der Waals surface area contributed by atoms with E-state index in [4.69, 9.17) is 4.74 Å². The molecule has 1 saturated carbocycles. The maximum atomic E-state index is 14.6. The highest BCUT2D eigenvalue weighted by atomic mass is 16.6. The minimum Gasteiger partial charge on any atom is -0.444 e. The van der Waals surface area contributed by atoms with Crippen molar-refractivity contribution in [2.24, 2.45) is 11.8 Å². The largest absolute Gasteiger partial charge is 0.444 e. The van der Waals surface area contributed by atoms with E-state index in [1.54, 1.807) is 25.7 Å². The molecule has 1 aromatic rings. The maximum absolute atomic E-state index is 14.6. The molecule has 7 heteroatoms. The van der Waals surface area contributed by atoms with E-state index in [1.165, 1.54) is 6.42 Å². The fraction of sp³-hybridized carbons (Fsp3) is 0.735. The molecule has 0 aromatic heterocycles. The van der Waals surface area contributed by atoms with E-state index in [-0.39, 0.29) is 29.8 Å². The normalized spacial score (nSPS) is 16.7. The van der Waals surface area contributed by atoms with Crippen molar-refractivity contribution < 1.29 is 19.1 Å². The summed E-state index contributed by atoms with van der Waals surface area (Å²) in [5.74, 6) is 0.206. The number of rotatable bonds is 12. The predicted molar refractivity (Wildman–Crippen MR) is 167 cm³/mol. The van der Waals surface area contributed by atoms with E-state index in [1.807, 2.05) is 46.8 Å². The molecule has 0 radical (unpaired) electrons. The minimum atomic E-state index is -0.818. The molecule has 41 heavy (non-hydrogen) atoms. The number of hydrogen-bond acceptors (Lipinski definition) is 4. The Bertz CT molecular complexity index is 1010. The van der Waals surface area contributed by atoms with Crippen molar-refractivity contribution in [3.63, 3.8) is 0 Å². The molecule has 1 aromatic carbocycles. The summed E-state index contributed by atoms with van der Waals surface area (Å²) in [4.78, 5) is 43.6. The van der Waals surface area contributed by atoms with Crippen molar-refractivity contribution in [3.05, 3.63) is 34.9 Å². The first-order valence-corrected chi connectivity index (χ1v) is 15.8. The molecule has 1 aliphatic rings. The van der Waals surface area contributed by atoms with Crippen molar-refractivity contribution in [2.45, 2.75) is 150 Å². The van der Waals surface area contributed by atoms with Crippen LogP contribution in [-0.4, -0.2) is 46.5 Å². The van der Waals surface area contributed by atoms with E-state index in [0.29, 0.717) is 12.3 Å². The molecular weight excluding hydrogens is 514 g/mol. The van der Waals surface area contributed by atoms with Gasteiger partial charge in [-0.15, -0.1) is 0 Å². The van der Waals surface area contributed by atoms with Gasteiger partial charge < -0.3 is 20.3 Å². The molecule has 3 amide bonds. The monoisotopic (exact) mass is 571 g/mol. The van der Waals surface area contributed by atoms with Crippen molar-refractivity contribution in [2.75, 3.05) is 0 Å². The average Bonchev–Trinajstić information content (AvgIpc) is 2.84. The first-order chi connectivity index (χ1) is 19.1. The molecule has 0 saturated heterocycles. The summed E-state index contributed by atoms with van der Waals surface area (Å²) in [6.45, 7) is 19.9. The second kappa shape index (κ2) is 15.6. The zero-order chi connectivity index (χ0) is 30.9. The number of nitrogens with zero attached hydrogens (tertiary/aromatic N) is 1. The van der Waals surface area contributed by atoms with Crippen LogP contribution in [0.5, 0.6) is 0 Å². The van der Waals surface area contributed by atoms with Gasteiger partial charge in [0, 0.05) is 12.1 Å². The lowest BCUT2D eigenvalue weighted by molar-refractivity contribution is -0.146. The third-order valence-electron chi connectivity index (χ3n) is 7.79. The molecule has 2 N–H and O–H groups in total. The molecule has 0 aliphatic heterocycles. The fourth-order valence-corrected chi connectivity index (χ4v) is 5.71. The topological polar surface area (TPSA) is 87.7 Å². The number of nitrogens with one attached hydrogen (secondary N) is 2. The van der Waals surface area contributed by atoms with Gasteiger partial charge in [-0.05, 0) is 96.6 Å². The lowest BCUT2D eigenvalue weighted by atomic mass is 9.91. The molecule has 232 valence electrons. The molecule has 0 heterocycles. The Hall–Kier alpha value is -2.57. The molecule has 3 atom stereocenters. The van der Waals surface area contributed by atoms with Crippen LogP contribution >= 0.6 is 0 Å². The number of hydrogen-bond donors (Lipinski definition) is 2. The Balaban J connectivity index is 2.60. The van der Waals surface area contributed by atoms with Crippen LogP contribution in [0, 0.1) is 25.7 Å². The summed E-state index contributed by atoms with van der Waals surface area (Å²) < 4.78 is 5.54. The standard InChI is InChI=1S/C34H57N3O4/c1-22(2)16-18-26(7)37(32(39)29(20-23(3)4)36-33(40)41-34(8,9)10)30(28-19-17-24(5)21-25(28)6)31(38)35-27-14-12-11-13-15-27/h17,19,21-23,26-27,29-30H,11-16,18,20H2,1-10H3,(H,35,38)(H,36,40). The van der Waals surface area contributed by atoms with Gasteiger partial charge in [0.25, 0.3) is 0 Å². The van der Waals surface area contributed by atoms with Crippen LogP contribution in [0.15, 0.2) is 18.2 Å². The van der Waals surface area contributed by atoms with E-state index in [2.05, 4.69) is 30.5 Å². The Labute approximate surface area is 249 Å². The highest BCUT2D eigenvalue weighted by Gasteiger charge is 2.40. The summed E-state index contributed by atoms with van der Waals surface area (Å²) in [7, 11) is 0. The molecule has 2 rings (SSSR count). The third-order valence-corrected chi connectivity index (χ3v) is 7.79. The highest BCUT2D eigenvalue weighted by Crippen LogP contribution is 2.31. The van der Waals surface area contributed by atoms with Gasteiger partial charge in [-0.1, -0.05) is 70.7 Å². The second-order valence-electron chi connectivity index (χ2n) is 14.0. The number of ether oxygens (including phenoxy) is 1. The predicted octanol–water partition coefficient (Wildman–Crippen LogP) is 7.39. The van der Waals surface area contributed by atoms with Gasteiger partial charge in [-0.2, -0.15) is 0 Å².